The zero-order valence-electron chi connectivity index (χ0n) is 11.0. The van der Waals surface area contributed by atoms with Crippen LogP contribution in [-0.2, 0) is 4.79 Å². The number of hydrogen-bond acceptors (Lipinski definition) is 3. The molecule has 0 radical (unpaired) electrons. The van der Waals surface area contributed by atoms with Crippen molar-refractivity contribution < 1.29 is 18.3 Å². The van der Waals surface area contributed by atoms with E-state index >= 15 is 0 Å². The van der Waals surface area contributed by atoms with Gasteiger partial charge in [-0.1, -0.05) is 30.3 Å². The van der Waals surface area contributed by atoms with Gasteiger partial charge in [-0.15, -0.1) is 0 Å². The third kappa shape index (κ3) is 4.17. The van der Waals surface area contributed by atoms with Crippen molar-refractivity contribution in [2.45, 2.75) is 12.7 Å². The van der Waals surface area contributed by atoms with E-state index in [4.69, 9.17) is 5.73 Å². The SMILES string of the molecule is NC(=O)[C@@H](Nc1ccc(OC(F)F)cc1)c1ccccc1. The highest BCUT2D eigenvalue weighted by Gasteiger charge is 2.17. The van der Waals surface area contributed by atoms with Gasteiger partial charge in [0.1, 0.15) is 11.8 Å². The number of hydrogen-bond donors (Lipinski definition) is 2. The second-order valence-corrected chi connectivity index (χ2v) is 4.29. The first-order valence-electron chi connectivity index (χ1n) is 6.22. The molecule has 0 unspecified atom stereocenters. The first kappa shape index (κ1) is 14.8. The fourth-order valence-corrected chi connectivity index (χ4v) is 1.86. The zero-order valence-corrected chi connectivity index (χ0v) is 11.0. The van der Waals surface area contributed by atoms with Gasteiger partial charge in [0.05, 0.1) is 0 Å². The zero-order chi connectivity index (χ0) is 15.2. The average Bonchev–Trinajstić information content (AvgIpc) is 2.46. The van der Waals surface area contributed by atoms with Crippen LogP contribution in [0.5, 0.6) is 5.75 Å². The Hall–Kier alpha value is -2.63. The van der Waals surface area contributed by atoms with Crippen molar-refractivity contribution in [1.29, 1.82) is 0 Å². The summed E-state index contributed by atoms with van der Waals surface area (Å²) in [7, 11) is 0. The Morgan fingerprint density at radius 3 is 2.19 bits per heavy atom. The van der Waals surface area contributed by atoms with E-state index in [9.17, 15) is 13.6 Å². The Labute approximate surface area is 120 Å². The van der Waals surface area contributed by atoms with Crippen LogP contribution in [0.4, 0.5) is 14.5 Å². The molecule has 0 bridgehead atoms. The Morgan fingerprint density at radius 1 is 1.05 bits per heavy atom. The average molecular weight is 292 g/mol. The molecule has 0 aliphatic carbocycles. The van der Waals surface area contributed by atoms with E-state index < -0.39 is 18.6 Å². The van der Waals surface area contributed by atoms with E-state index in [1.807, 2.05) is 6.07 Å². The Bertz CT molecular complexity index is 588. The summed E-state index contributed by atoms with van der Waals surface area (Å²) < 4.78 is 28.4. The summed E-state index contributed by atoms with van der Waals surface area (Å²) in [6.45, 7) is -2.87. The molecule has 2 aromatic carbocycles. The first-order valence-corrected chi connectivity index (χ1v) is 6.22. The smallest absolute Gasteiger partial charge is 0.387 e. The normalized spacial score (nSPS) is 12.0. The molecule has 0 aliphatic rings. The highest BCUT2D eigenvalue weighted by Crippen LogP contribution is 2.22. The number of carbonyl (C=O) groups is 1. The molecular formula is C15H14F2N2O2. The predicted molar refractivity (Wildman–Crippen MR) is 75.1 cm³/mol. The minimum absolute atomic E-state index is 0.0471. The second kappa shape index (κ2) is 6.69. The lowest BCUT2D eigenvalue weighted by Gasteiger charge is -2.17. The Balaban J connectivity index is 2.13. The van der Waals surface area contributed by atoms with Crippen LogP contribution in [0.25, 0.3) is 0 Å². The van der Waals surface area contributed by atoms with E-state index in [0.29, 0.717) is 5.69 Å². The number of nitrogens with two attached hydrogens (primary N) is 1. The molecule has 0 saturated heterocycles. The number of primary amides is 1. The number of benzene rings is 2. The van der Waals surface area contributed by atoms with Crippen LogP contribution >= 0.6 is 0 Å². The molecular weight excluding hydrogens is 278 g/mol. The second-order valence-electron chi connectivity index (χ2n) is 4.29. The van der Waals surface area contributed by atoms with Crippen molar-refractivity contribution in [3.8, 4) is 5.75 Å². The number of rotatable bonds is 6. The van der Waals surface area contributed by atoms with Gasteiger partial charge in [-0.25, -0.2) is 0 Å². The van der Waals surface area contributed by atoms with Gasteiger partial charge in [-0.05, 0) is 29.8 Å². The van der Waals surface area contributed by atoms with Crippen LogP contribution in [0, 0.1) is 0 Å². The lowest BCUT2D eigenvalue weighted by Crippen LogP contribution is -2.27. The molecule has 21 heavy (non-hydrogen) atoms. The van der Waals surface area contributed by atoms with Gasteiger partial charge in [-0.2, -0.15) is 8.78 Å². The maximum Gasteiger partial charge on any atom is 0.387 e. The molecule has 1 amide bonds. The van der Waals surface area contributed by atoms with Crippen LogP contribution in [0.15, 0.2) is 54.6 Å². The largest absolute Gasteiger partial charge is 0.435 e. The molecule has 0 saturated carbocycles. The van der Waals surface area contributed by atoms with E-state index in [2.05, 4.69) is 10.1 Å². The van der Waals surface area contributed by atoms with Crippen molar-refractivity contribution in [3.05, 3.63) is 60.2 Å². The number of halogens is 2. The molecule has 0 heterocycles. The Morgan fingerprint density at radius 2 is 1.67 bits per heavy atom. The third-order valence-corrected chi connectivity index (χ3v) is 2.81. The van der Waals surface area contributed by atoms with Crippen molar-refractivity contribution in [2.24, 2.45) is 5.73 Å². The molecule has 4 nitrogen and oxygen atoms in total. The monoisotopic (exact) mass is 292 g/mol. The van der Waals surface area contributed by atoms with Gasteiger partial charge >= 0.3 is 6.61 Å². The molecule has 110 valence electrons. The summed E-state index contributed by atoms with van der Waals surface area (Å²) in [6.07, 6.45) is 0. The standard InChI is InChI=1S/C15H14F2N2O2/c16-15(17)21-12-8-6-11(7-9-12)19-13(14(18)20)10-4-2-1-3-5-10/h1-9,13,15,19H,(H2,18,20)/t13-/m0/s1. The molecule has 0 aromatic heterocycles. The Kier molecular flexibility index (Phi) is 4.71. The van der Waals surface area contributed by atoms with Gasteiger partial charge in [0.25, 0.3) is 0 Å². The predicted octanol–water partition coefficient (Wildman–Crippen LogP) is 2.93. The molecule has 6 heteroatoms. The van der Waals surface area contributed by atoms with Gasteiger partial charge < -0.3 is 15.8 Å². The van der Waals surface area contributed by atoms with Crippen LogP contribution in [-0.4, -0.2) is 12.5 Å². The maximum atomic E-state index is 12.1. The number of nitrogens with one attached hydrogen (secondary N) is 1. The van der Waals surface area contributed by atoms with E-state index in [-0.39, 0.29) is 5.75 Å². The number of anilines is 1. The molecule has 0 aliphatic heterocycles. The molecule has 2 rings (SSSR count). The molecule has 1 atom stereocenters. The summed E-state index contributed by atoms with van der Waals surface area (Å²) in [6, 6.07) is 14.1. The van der Waals surface area contributed by atoms with Crippen molar-refractivity contribution >= 4 is 11.6 Å². The van der Waals surface area contributed by atoms with E-state index in [1.54, 1.807) is 24.3 Å². The lowest BCUT2D eigenvalue weighted by molar-refractivity contribution is -0.118. The van der Waals surface area contributed by atoms with Crippen LogP contribution in [0.1, 0.15) is 11.6 Å². The number of carbonyl (C=O) groups excluding carboxylic acids is 1. The lowest BCUT2D eigenvalue weighted by atomic mass is 10.1. The van der Waals surface area contributed by atoms with Crippen molar-refractivity contribution in [1.82, 2.24) is 0 Å². The number of alkyl halides is 2. The summed E-state index contributed by atoms with van der Waals surface area (Å²) >= 11 is 0. The van der Waals surface area contributed by atoms with Gasteiger partial charge in [0.15, 0.2) is 0 Å². The fraction of sp³-hybridized carbons (Fsp3) is 0.133. The number of ether oxygens (including phenoxy) is 1. The molecule has 3 N–H and O–H groups in total. The van der Waals surface area contributed by atoms with Crippen LogP contribution in [0.3, 0.4) is 0 Å². The summed E-state index contributed by atoms with van der Waals surface area (Å²) in [5.41, 5.74) is 6.68. The summed E-state index contributed by atoms with van der Waals surface area (Å²) in [5.74, 6) is -0.486. The summed E-state index contributed by atoms with van der Waals surface area (Å²) in [4.78, 5) is 11.6. The van der Waals surface area contributed by atoms with Gasteiger partial charge in [0, 0.05) is 5.69 Å². The molecule has 0 spiro atoms. The van der Waals surface area contributed by atoms with E-state index in [1.165, 1.54) is 24.3 Å². The number of amides is 1. The maximum absolute atomic E-state index is 12.1. The minimum atomic E-state index is -2.87. The quantitative estimate of drug-likeness (QED) is 0.860. The van der Waals surface area contributed by atoms with E-state index in [0.717, 1.165) is 5.56 Å². The molecule has 0 fully saturated rings. The summed E-state index contributed by atoms with van der Waals surface area (Å²) in [5, 5.41) is 2.96. The fourth-order valence-electron chi connectivity index (χ4n) is 1.86. The highest BCUT2D eigenvalue weighted by atomic mass is 19.3. The van der Waals surface area contributed by atoms with Crippen molar-refractivity contribution in [2.75, 3.05) is 5.32 Å². The van der Waals surface area contributed by atoms with Crippen LogP contribution in [0.2, 0.25) is 0 Å². The van der Waals surface area contributed by atoms with Gasteiger partial charge in [-0.3, -0.25) is 4.79 Å². The topological polar surface area (TPSA) is 64.4 Å². The van der Waals surface area contributed by atoms with Gasteiger partial charge in [0.2, 0.25) is 5.91 Å². The first-order chi connectivity index (χ1) is 10.1. The molecule has 2 aromatic rings. The highest BCUT2D eigenvalue weighted by molar-refractivity contribution is 5.84. The van der Waals surface area contributed by atoms with Crippen molar-refractivity contribution in [3.63, 3.8) is 0 Å². The van der Waals surface area contributed by atoms with Crippen LogP contribution < -0.4 is 15.8 Å². The minimum Gasteiger partial charge on any atom is -0.435 e. The third-order valence-electron chi connectivity index (χ3n) is 2.81.